The number of nitrogens with zero attached hydrogens (tertiary/aromatic N) is 2. The molecule has 1 saturated heterocycles. The number of aromatic nitrogens is 3. The van der Waals surface area contributed by atoms with Crippen molar-refractivity contribution in [3.8, 4) is 0 Å². The summed E-state index contributed by atoms with van der Waals surface area (Å²) >= 11 is 0. The fraction of sp³-hybridized carbons (Fsp3) is 0.727. The second kappa shape index (κ2) is 5.77. The van der Waals surface area contributed by atoms with Crippen molar-refractivity contribution in [1.82, 2.24) is 15.2 Å². The van der Waals surface area contributed by atoms with E-state index in [0.29, 0.717) is 18.5 Å². The number of H-pyrrole nitrogens is 1. The lowest BCUT2D eigenvalue weighted by Crippen LogP contribution is -2.08. The summed E-state index contributed by atoms with van der Waals surface area (Å²) in [6, 6.07) is 0. The number of carbonyl (C=O) groups excluding carboxylic acids is 1. The van der Waals surface area contributed by atoms with Gasteiger partial charge in [-0.1, -0.05) is 0 Å². The maximum Gasteiger partial charge on any atom is 0.378 e. The van der Waals surface area contributed by atoms with E-state index < -0.39 is 5.97 Å². The maximum absolute atomic E-state index is 11.3. The first-order valence-corrected chi connectivity index (χ1v) is 5.99. The van der Waals surface area contributed by atoms with Crippen LogP contribution in [0.15, 0.2) is 0 Å². The van der Waals surface area contributed by atoms with E-state index in [1.165, 1.54) is 0 Å². The summed E-state index contributed by atoms with van der Waals surface area (Å²) < 4.78 is 10.3. The van der Waals surface area contributed by atoms with Crippen LogP contribution in [0.4, 0.5) is 0 Å². The summed E-state index contributed by atoms with van der Waals surface area (Å²) in [4.78, 5) is 15.4. The molecular weight excluding hydrogens is 222 g/mol. The highest BCUT2D eigenvalue weighted by Crippen LogP contribution is 2.16. The Kier molecular flexibility index (Phi) is 4.08. The topological polar surface area (TPSA) is 77.1 Å². The molecule has 1 fully saturated rings. The predicted molar refractivity (Wildman–Crippen MR) is 59.6 cm³/mol. The number of esters is 1. The molecule has 0 spiro atoms. The number of aryl methyl sites for hydroxylation is 1. The molecule has 1 N–H and O–H groups in total. The van der Waals surface area contributed by atoms with Crippen molar-refractivity contribution in [2.24, 2.45) is 0 Å². The van der Waals surface area contributed by atoms with E-state index in [1.54, 1.807) is 6.92 Å². The fourth-order valence-corrected chi connectivity index (χ4v) is 1.86. The lowest BCUT2D eigenvalue weighted by atomic mass is 10.1. The molecule has 1 aliphatic heterocycles. The van der Waals surface area contributed by atoms with Gasteiger partial charge >= 0.3 is 5.97 Å². The van der Waals surface area contributed by atoms with Gasteiger partial charge in [-0.25, -0.2) is 9.78 Å². The number of rotatable bonds is 5. The van der Waals surface area contributed by atoms with Crippen LogP contribution in [-0.4, -0.2) is 40.5 Å². The molecule has 0 aliphatic carbocycles. The number of nitrogens with one attached hydrogen (secondary N) is 1. The molecule has 0 radical (unpaired) electrons. The minimum absolute atomic E-state index is 0.106. The average Bonchev–Trinajstić information content (AvgIpc) is 2.98. The van der Waals surface area contributed by atoms with Crippen LogP contribution in [0.2, 0.25) is 0 Å². The van der Waals surface area contributed by atoms with Gasteiger partial charge in [0.15, 0.2) is 0 Å². The molecule has 0 amide bonds. The van der Waals surface area contributed by atoms with Crippen molar-refractivity contribution in [1.29, 1.82) is 0 Å². The molecule has 6 heteroatoms. The van der Waals surface area contributed by atoms with Gasteiger partial charge in [-0.05, 0) is 26.2 Å². The van der Waals surface area contributed by atoms with Crippen LogP contribution in [-0.2, 0) is 15.9 Å². The van der Waals surface area contributed by atoms with Gasteiger partial charge in [0.05, 0.1) is 12.7 Å². The third kappa shape index (κ3) is 3.26. The molecule has 1 aromatic rings. The molecule has 6 nitrogen and oxygen atoms in total. The first kappa shape index (κ1) is 12.0. The molecule has 1 aliphatic rings. The van der Waals surface area contributed by atoms with E-state index in [9.17, 15) is 4.79 Å². The normalized spacial score (nSPS) is 19.5. The standard InChI is InChI=1S/C11H17N3O3/c1-2-16-11(15)10-12-9(13-14-10)6-5-8-4-3-7-17-8/h8H,2-7H2,1H3,(H,12,13,14). The van der Waals surface area contributed by atoms with Crippen LogP contribution in [0.1, 0.15) is 42.6 Å². The Morgan fingerprint density at radius 1 is 1.65 bits per heavy atom. The van der Waals surface area contributed by atoms with E-state index in [1.807, 2.05) is 0 Å². The number of carbonyl (C=O) groups is 1. The van der Waals surface area contributed by atoms with E-state index >= 15 is 0 Å². The van der Waals surface area contributed by atoms with Gasteiger partial charge in [0.25, 0.3) is 5.82 Å². The van der Waals surface area contributed by atoms with Crippen molar-refractivity contribution >= 4 is 5.97 Å². The van der Waals surface area contributed by atoms with Crippen molar-refractivity contribution < 1.29 is 14.3 Å². The molecule has 1 unspecified atom stereocenters. The zero-order chi connectivity index (χ0) is 12.1. The van der Waals surface area contributed by atoms with Gasteiger partial charge in [0.1, 0.15) is 5.82 Å². The molecule has 17 heavy (non-hydrogen) atoms. The maximum atomic E-state index is 11.3. The van der Waals surface area contributed by atoms with Gasteiger partial charge in [0.2, 0.25) is 0 Å². The first-order valence-electron chi connectivity index (χ1n) is 5.99. The third-order valence-electron chi connectivity index (χ3n) is 2.72. The Labute approximate surface area is 99.7 Å². The fourth-order valence-electron chi connectivity index (χ4n) is 1.86. The monoisotopic (exact) mass is 239 g/mol. The van der Waals surface area contributed by atoms with Gasteiger partial charge in [0, 0.05) is 13.0 Å². The zero-order valence-corrected chi connectivity index (χ0v) is 9.94. The Balaban J connectivity index is 1.83. The van der Waals surface area contributed by atoms with Crippen molar-refractivity contribution in [2.75, 3.05) is 13.2 Å². The molecule has 0 saturated carbocycles. The van der Waals surface area contributed by atoms with Crippen LogP contribution in [0.25, 0.3) is 0 Å². The SMILES string of the molecule is CCOC(=O)c1n[nH]c(CCC2CCCO2)n1. The smallest absolute Gasteiger partial charge is 0.378 e. The highest BCUT2D eigenvalue weighted by Gasteiger charge is 2.17. The molecule has 94 valence electrons. The quantitative estimate of drug-likeness (QED) is 0.778. The summed E-state index contributed by atoms with van der Waals surface area (Å²) in [6.07, 6.45) is 4.23. The number of hydrogen-bond donors (Lipinski definition) is 1. The second-order valence-corrected chi connectivity index (χ2v) is 4.00. The van der Waals surface area contributed by atoms with Crippen LogP contribution in [0.5, 0.6) is 0 Å². The first-order chi connectivity index (χ1) is 8.29. The van der Waals surface area contributed by atoms with Crippen molar-refractivity contribution in [2.45, 2.75) is 38.7 Å². The van der Waals surface area contributed by atoms with E-state index in [2.05, 4.69) is 15.2 Å². The number of hydrogen-bond acceptors (Lipinski definition) is 5. The average molecular weight is 239 g/mol. The van der Waals surface area contributed by atoms with Crippen LogP contribution in [0, 0.1) is 0 Å². The lowest BCUT2D eigenvalue weighted by molar-refractivity contribution is 0.0512. The summed E-state index contributed by atoms with van der Waals surface area (Å²) in [5.41, 5.74) is 0. The Morgan fingerprint density at radius 2 is 2.53 bits per heavy atom. The van der Waals surface area contributed by atoms with Crippen molar-refractivity contribution in [3.63, 3.8) is 0 Å². The molecule has 0 aromatic carbocycles. The zero-order valence-electron chi connectivity index (χ0n) is 9.94. The summed E-state index contributed by atoms with van der Waals surface area (Å²) in [7, 11) is 0. The largest absolute Gasteiger partial charge is 0.460 e. The lowest BCUT2D eigenvalue weighted by Gasteiger charge is -2.06. The molecular formula is C11H17N3O3. The molecule has 0 bridgehead atoms. The second-order valence-electron chi connectivity index (χ2n) is 4.00. The number of aromatic amines is 1. The minimum atomic E-state index is -0.480. The van der Waals surface area contributed by atoms with Gasteiger partial charge in [-0.2, -0.15) is 0 Å². The minimum Gasteiger partial charge on any atom is -0.460 e. The summed E-state index contributed by atoms with van der Waals surface area (Å²) in [5, 5.41) is 6.58. The van der Waals surface area contributed by atoms with Gasteiger partial charge in [-0.15, -0.1) is 5.10 Å². The van der Waals surface area contributed by atoms with Gasteiger partial charge < -0.3 is 9.47 Å². The Morgan fingerprint density at radius 3 is 3.24 bits per heavy atom. The summed E-state index contributed by atoms with van der Waals surface area (Å²) in [6.45, 7) is 2.94. The summed E-state index contributed by atoms with van der Waals surface area (Å²) in [5.74, 6) is 0.338. The van der Waals surface area contributed by atoms with Crippen LogP contribution < -0.4 is 0 Å². The molecule has 2 heterocycles. The molecule has 1 atom stereocenters. The highest BCUT2D eigenvalue weighted by molar-refractivity contribution is 5.84. The van der Waals surface area contributed by atoms with E-state index in [4.69, 9.17) is 9.47 Å². The van der Waals surface area contributed by atoms with Crippen LogP contribution >= 0.6 is 0 Å². The van der Waals surface area contributed by atoms with Crippen LogP contribution in [0.3, 0.4) is 0 Å². The number of ether oxygens (including phenoxy) is 2. The predicted octanol–water partition coefficient (Wildman–Crippen LogP) is 1.09. The highest BCUT2D eigenvalue weighted by atomic mass is 16.5. The third-order valence-corrected chi connectivity index (χ3v) is 2.72. The van der Waals surface area contributed by atoms with Crippen molar-refractivity contribution in [3.05, 3.63) is 11.6 Å². The molecule has 2 rings (SSSR count). The Hall–Kier alpha value is -1.43. The van der Waals surface area contributed by atoms with Gasteiger partial charge in [-0.3, -0.25) is 5.10 Å². The Bertz CT molecular complexity index is 372. The molecule has 1 aromatic heterocycles. The van der Waals surface area contributed by atoms with E-state index in [-0.39, 0.29) is 5.82 Å². The van der Waals surface area contributed by atoms with E-state index in [0.717, 1.165) is 32.3 Å².